The molecule has 0 heterocycles. The van der Waals surface area contributed by atoms with Gasteiger partial charge in [0.25, 0.3) is 0 Å². The fourth-order valence-electron chi connectivity index (χ4n) is 1.35. The Balaban J connectivity index is 0.000000357. The van der Waals surface area contributed by atoms with Gasteiger partial charge in [0.2, 0.25) is 0 Å². The number of hydrogen-bond acceptors (Lipinski definition) is 3. The van der Waals surface area contributed by atoms with Crippen LogP contribution < -0.4 is 5.14 Å². The monoisotopic (exact) mass is 263 g/mol. The Hall–Kier alpha value is -1.98. The van der Waals surface area contributed by atoms with Gasteiger partial charge in [-0.05, 0) is 0 Å². The van der Waals surface area contributed by atoms with Gasteiger partial charge in [-0.25, -0.2) is 13.6 Å². The Labute approximate surface area is 107 Å². The summed E-state index contributed by atoms with van der Waals surface area (Å²) in [6.45, 7) is 0. The summed E-state index contributed by atoms with van der Waals surface area (Å²) in [6.07, 6.45) is 0. The first-order valence-corrected chi connectivity index (χ1v) is 6.40. The fourth-order valence-corrected chi connectivity index (χ4v) is 1.35. The van der Waals surface area contributed by atoms with Crippen LogP contribution in [0.3, 0.4) is 0 Å². The molecule has 0 unspecified atom stereocenters. The number of rotatable bonds is 2. The van der Waals surface area contributed by atoms with Crippen LogP contribution in [0.15, 0.2) is 60.7 Å². The lowest BCUT2D eigenvalue weighted by molar-refractivity contribution is 0.103. The third kappa shape index (κ3) is 4.90. The van der Waals surface area contributed by atoms with Crippen LogP contribution in [0.25, 0.3) is 0 Å². The van der Waals surface area contributed by atoms with Crippen LogP contribution in [0, 0.1) is 0 Å². The van der Waals surface area contributed by atoms with Gasteiger partial charge in [0.05, 0.1) is 0 Å². The average molecular weight is 263 g/mol. The minimum absolute atomic E-state index is 0.0752. The van der Waals surface area contributed by atoms with Crippen molar-refractivity contribution in [2.24, 2.45) is 5.14 Å². The first kappa shape index (κ1) is 14.1. The van der Waals surface area contributed by atoms with E-state index in [4.69, 9.17) is 8.42 Å². The van der Waals surface area contributed by atoms with E-state index >= 15 is 0 Å². The standard InChI is InChI=1S/C13H10O.H3NO2S/c14-13(11-7-3-1-4-8-11)12-9-5-2-6-10-12;1-4(2)3/h1-10H;4H,(H2,1,2,3). The molecule has 0 spiro atoms. The van der Waals surface area contributed by atoms with Crippen LogP contribution in [0.2, 0.25) is 0 Å². The summed E-state index contributed by atoms with van der Waals surface area (Å²) >= 11 is 0. The van der Waals surface area contributed by atoms with Gasteiger partial charge in [-0.15, -0.1) is 0 Å². The summed E-state index contributed by atoms with van der Waals surface area (Å²) in [7, 11) is -2.62. The summed E-state index contributed by atoms with van der Waals surface area (Å²) in [5, 5.41) is 4.06. The third-order valence-corrected chi connectivity index (χ3v) is 2.07. The van der Waals surface area contributed by atoms with E-state index in [2.05, 4.69) is 5.14 Å². The lowest BCUT2D eigenvalue weighted by atomic mass is 10.0. The van der Waals surface area contributed by atoms with E-state index in [9.17, 15) is 4.79 Å². The van der Waals surface area contributed by atoms with Gasteiger partial charge in [-0.2, -0.15) is 0 Å². The van der Waals surface area contributed by atoms with Crippen molar-refractivity contribution in [3.05, 3.63) is 71.8 Å². The molecule has 4 nitrogen and oxygen atoms in total. The molecule has 2 rings (SSSR count). The number of carbonyl (C=O) groups is 1. The van der Waals surface area contributed by atoms with Crippen molar-refractivity contribution >= 4 is 16.7 Å². The summed E-state index contributed by atoms with van der Waals surface area (Å²) in [6, 6.07) is 18.6. The maximum atomic E-state index is 11.8. The molecular formula is C13H13NO3S. The number of hydrogen-bond donors (Lipinski definition) is 2. The Bertz CT molecular complexity index is 516. The molecule has 0 aliphatic carbocycles. The highest BCUT2D eigenvalue weighted by atomic mass is 32.2. The quantitative estimate of drug-likeness (QED) is 0.635. The number of nitrogens with two attached hydrogens (primary N) is 1. The highest BCUT2D eigenvalue weighted by molar-refractivity contribution is 7.69. The van der Waals surface area contributed by atoms with E-state index in [0.29, 0.717) is 0 Å². The maximum Gasteiger partial charge on any atom is 0.198 e. The van der Waals surface area contributed by atoms with E-state index in [0.717, 1.165) is 11.1 Å². The molecule has 18 heavy (non-hydrogen) atoms. The van der Waals surface area contributed by atoms with Gasteiger partial charge >= 0.3 is 0 Å². The Kier molecular flexibility index (Phi) is 5.76. The average Bonchev–Trinajstić information content (AvgIpc) is 2.39. The molecule has 94 valence electrons. The molecule has 0 saturated heterocycles. The van der Waals surface area contributed by atoms with E-state index in [-0.39, 0.29) is 5.78 Å². The zero-order chi connectivity index (χ0) is 13.4. The molecule has 2 aromatic carbocycles. The van der Waals surface area contributed by atoms with Crippen molar-refractivity contribution in [3.63, 3.8) is 0 Å². The summed E-state index contributed by atoms with van der Waals surface area (Å²) < 4.78 is 17.6. The Morgan fingerprint density at radius 3 is 1.33 bits per heavy atom. The molecule has 2 aromatic rings. The van der Waals surface area contributed by atoms with Crippen molar-refractivity contribution in [3.8, 4) is 0 Å². The molecule has 0 aromatic heterocycles. The van der Waals surface area contributed by atoms with Crippen LogP contribution in [0.4, 0.5) is 0 Å². The summed E-state index contributed by atoms with van der Waals surface area (Å²) in [4.78, 5) is 11.8. The molecule has 2 N–H and O–H groups in total. The highest BCUT2D eigenvalue weighted by Crippen LogP contribution is 2.08. The predicted octanol–water partition coefficient (Wildman–Crippen LogP) is 1.39. The van der Waals surface area contributed by atoms with Crippen LogP contribution in [0.1, 0.15) is 15.9 Å². The minimum Gasteiger partial charge on any atom is -0.289 e. The van der Waals surface area contributed by atoms with E-state index in [1.807, 2.05) is 60.7 Å². The molecule has 0 fully saturated rings. The van der Waals surface area contributed by atoms with Gasteiger partial charge in [0.15, 0.2) is 16.7 Å². The second-order valence-corrected chi connectivity index (χ2v) is 3.92. The molecule has 0 aliphatic rings. The largest absolute Gasteiger partial charge is 0.289 e. The van der Waals surface area contributed by atoms with Crippen molar-refractivity contribution in [2.45, 2.75) is 0 Å². The van der Waals surface area contributed by atoms with Crippen molar-refractivity contribution in [2.75, 3.05) is 0 Å². The molecule has 5 heteroatoms. The molecule has 0 atom stereocenters. The molecule has 0 radical (unpaired) electrons. The topological polar surface area (TPSA) is 77.2 Å². The second kappa shape index (κ2) is 7.37. The third-order valence-electron chi connectivity index (χ3n) is 2.07. The highest BCUT2D eigenvalue weighted by Gasteiger charge is 2.06. The smallest absolute Gasteiger partial charge is 0.198 e. The number of carbonyl (C=O) groups excluding carboxylic acids is 1. The second-order valence-electron chi connectivity index (χ2n) is 3.35. The van der Waals surface area contributed by atoms with Gasteiger partial charge in [-0.1, -0.05) is 60.7 Å². The van der Waals surface area contributed by atoms with E-state index < -0.39 is 10.9 Å². The van der Waals surface area contributed by atoms with E-state index in [1.54, 1.807) is 0 Å². The van der Waals surface area contributed by atoms with Crippen LogP contribution in [0.5, 0.6) is 0 Å². The maximum absolute atomic E-state index is 11.8. The Morgan fingerprint density at radius 1 is 0.778 bits per heavy atom. The predicted molar refractivity (Wildman–Crippen MR) is 70.8 cm³/mol. The summed E-state index contributed by atoms with van der Waals surface area (Å²) in [5.41, 5.74) is 1.47. The normalized spacial score (nSPS) is 9.44. The van der Waals surface area contributed by atoms with Gasteiger partial charge in [0, 0.05) is 11.1 Å². The molecule has 0 amide bonds. The lowest BCUT2D eigenvalue weighted by Crippen LogP contribution is -1.99. The zero-order valence-electron chi connectivity index (χ0n) is 9.52. The minimum atomic E-state index is -2.62. The molecule has 0 saturated carbocycles. The summed E-state index contributed by atoms with van der Waals surface area (Å²) in [5.74, 6) is 0.0752. The van der Waals surface area contributed by atoms with Crippen LogP contribution in [-0.4, -0.2) is 14.2 Å². The lowest BCUT2D eigenvalue weighted by Gasteiger charge is -1.99. The molecule has 0 bridgehead atoms. The zero-order valence-corrected chi connectivity index (χ0v) is 10.4. The number of thiol groups is 1. The van der Waals surface area contributed by atoms with Crippen LogP contribution >= 0.6 is 0 Å². The first-order chi connectivity index (χ1) is 8.61. The van der Waals surface area contributed by atoms with Gasteiger partial charge in [0.1, 0.15) is 0 Å². The van der Waals surface area contributed by atoms with Crippen LogP contribution in [-0.2, 0) is 10.9 Å². The van der Waals surface area contributed by atoms with Gasteiger partial charge < -0.3 is 0 Å². The number of benzene rings is 2. The SMILES string of the molecule is N[SH](=O)=O.O=C(c1ccccc1)c1ccccc1. The first-order valence-electron chi connectivity index (χ1n) is 5.15. The molecular weight excluding hydrogens is 250 g/mol. The van der Waals surface area contributed by atoms with Crippen molar-refractivity contribution in [1.82, 2.24) is 0 Å². The van der Waals surface area contributed by atoms with Crippen molar-refractivity contribution in [1.29, 1.82) is 0 Å². The van der Waals surface area contributed by atoms with Gasteiger partial charge in [-0.3, -0.25) is 4.79 Å². The van der Waals surface area contributed by atoms with E-state index in [1.165, 1.54) is 0 Å². The number of ketones is 1. The molecule has 0 aliphatic heterocycles. The van der Waals surface area contributed by atoms with Crippen molar-refractivity contribution < 1.29 is 13.2 Å². The fraction of sp³-hybridized carbons (Fsp3) is 0. The Morgan fingerprint density at radius 2 is 1.06 bits per heavy atom.